The number of rotatable bonds is 2. The van der Waals surface area contributed by atoms with Crippen molar-refractivity contribution >= 4 is 22.3 Å². The van der Waals surface area contributed by atoms with E-state index >= 15 is 0 Å². The first-order chi connectivity index (χ1) is 12.3. The van der Waals surface area contributed by atoms with Gasteiger partial charge in [-0.15, -0.1) is 11.3 Å². The van der Waals surface area contributed by atoms with E-state index in [1.165, 1.54) is 0 Å². The molecule has 25 heavy (non-hydrogen) atoms. The lowest BCUT2D eigenvalue weighted by Crippen LogP contribution is -1.97. The summed E-state index contributed by atoms with van der Waals surface area (Å²) in [4.78, 5) is 14.0. The second kappa shape index (κ2) is 5.50. The van der Waals surface area contributed by atoms with Crippen molar-refractivity contribution < 1.29 is 13.9 Å². The average Bonchev–Trinajstić information content (AvgIpc) is 3.29. The standard InChI is InChI=1S/C20H12O4S/c21-20-10-14(13-3-1-2-4-15(13)24-20)19-8-7-18(25-19)12-5-6-16-17(9-12)23-11-22-16/h1-10H,11H2. The molecule has 4 aromatic rings. The van der Waals surface area contributed by atoms with Crippen LogP contribution in [0.3, 0.4) is 0 Å². The number of para-hydroxylation sites is 1. The fourth-order valence-electron chi connectivity index (χ4n) is 3.00. The van der Waals surface area contributed by atoms with Crippen LogP contribution < -0.4 is 15.1 Å². The molecule has 0 radical (unpaired) electrons. The van der Waals surface area contributed by atoms with Gasteiger partial charge in [-0.3, -0.25) is 0 Å². The second-order valence-corrected chi connectivity index (χ2v) is 6.79. The normalized spacial score (nSPS) is 12.6. The third-order valence-electron chi connectivity index (χ3n) is 4.18. The minimum absolute atomic E-state index is 0.264. The third-order valence-corrected chi connectivity index (χ3v) is 5.35. The molecule has 0 aliphatic carbocycles. The molecular formula is C20H12O4S. The van der Waals surface area contributed by atoms with Gasteiger partial charge in [-0.25, -0.2) is 4.79 Å². The number of benzene rings is 2. The number of hydrogen-bond acceptors (Lipinski definition) is 5. The van der Waals surface area contributed by atoms with Gasteiger partial charge in [0, 0.05) is 26.8 Å². The van der Waals surface area contributed by atoms with Crippen LogP contribution in [0.2, 0.25) is 0 Å². The molecule has 0 atom stereocenters. The van der Waals surface area contributed by atoms with Crippen LogP contribution in [0, 0.1) is 0 Å². The molecule has 5 heteroatoms. The van der Waals surface area contributed by atoms with Gasteiger partial charge >= 0.3 is 5.63 Å². The highest BCUT2D eigenvalue weighted by Gasteiger charge is 2.15. The van der Waals surface area contributed by atoms with Crippen molar-refractivity contribution in [2.75, 3.05) is 6.79 Å². The molecule has 2 aromatic heterocycles. The van der Waals surface area contributed by atoms with Gasteiger partial charge in [0.05, 0.1) is 0 Å². The molecule has 1 aliphatic heterocycles. The fraction of sp³-hybridized carbons (Fsp3) is 0.0500. The molecule has 4 nitrogen and oxygen atoms in total. The summed E-state index contributed by atoms with van der Waals surface area (Å²) in [6.07, 6.45) is 0. The van der Waals surface area contributed by atoms with Crippen LogP contribution in [0.4, 0.5) is 0 Å². The van der Waals surface area contributed by atoms with Crippen LogP contribution in [-0.4, -0.2) is 6.79 Å². The number of ether oxygens (including phenoxy) is 2. The molecule has 122 valence electrons. The molecule has 0 spiro atoms. The van der Waals surface area contributed by atoms with Crippen LogP contribution in [0.15, 0.2) is 69.9 Å². The molecule has 5 rings (SSSR count). The average molecular weight is 348 g/mol. The van der Waals surface area contributed by atoms with Crippen molar-refractivity contribution in [3.05, 3.63) is 71.1 Å². The third kappa shape index (κ3) is 2.40. The van der Waals surface area contributed by atoms with Crippen molar-refractivity contribution in [2.24, 2.45) is 0 Å². The Balaban J connectivity index is 1.63. The van der Waals surface area contributed by atoms with Crippen molar-refractivity contribution in [1.29, 1.82) is 0 Å². The number of fused-ring (bicyclic) bond motifs is 2. The van der Waals surface area contributed by atoms with E-state index in [1.807, 2.05) is 48.5 Å². The van der Waals surface area contributed by atoms with Crippen molar-refractivity contribution in [3.8, 4) is 32.4 Å². The lowest BCUT2D eigenvalue weighted by atomic mass is 10.1. The summed E-state index contributed by atoms with van der Waals surface area (Å²) < 4.78 is 16.1. The molecule has 3 heterocycles. The first kappa shape index (κ1) is 14.3. The van der Waals surface area contributed by atoms with E-state index in [0.717, 1.165) is 37.8 Å². The maximum Gasteiger partial charge on any atom is 0.336 e. The zero-order valence-electron chi connectivity index (χ0n) is 13.0. The summed E-state index contributed by atoms with van der Waals surface area (Å²) in [5.74, 6) is 1.53. The first-order valence-electron chi connectivity index (χ1n) is 7.81. The van der Waals surface area contributed by atoms with E-state index in [2.05, 4.69) is 6.07 Å². The molecule has 0 fully saturated rings. The monoisotopic (exact) mass is 348 g/mol. The van der Waals surface area contributed by atoms with E-state index in [4.69, 9.17) is 13.9 Å². The highest BCUT2D eigenvalue weighted by Crippen LogP contribution is 2.40. The Labute approximate surface area is 146 Å². The molecule has 1 aliphatic rings. The Morgan fingerprint density at radius 3 is 2.64 bits per heavy atom. The number of thiophene rings is 1. The van der Waals surface area contributed by atoms with Crippen LogP contribution in [-0.2, 0) is 0 Å². The maximum absolute atomic E-state index is 11.9. The quantitative estimate of drug-likeness (QED) is 0.483. The Morgan fingerprint density at radius 2 is 1.68 bits per heavy atom. The van der Waals surface area contributed by atoms with Gasteiger partial charge in [-0.05, 0) is 42.0 Å². The predicted octanol–water partition coefficient (Wildman–Crippen LogP) is 4.92. The Bertz CT molecular complexity index is 1160. The predicted molar refractivity (Wildman–Crippen MR) is 97.4 cm³/mol. The summed E-state index contributed by atoms with van der Waals surface area (Å²) in [5.41, 5.74) is 2.21. The SMILES string of the molecule is O=c1cc(-c2ccc(-c3ccc4c(c3)OCO4)s2)c2ccccc2o1. The van der Waals surface area contributed by atoms with E-state index in [1.54, 1.807) is 17.4 Å². The topological polar surface area (TPSA) is 48.7 Å². The molecule has 0 saturated carbocycles. The Hall–Kier alpha value is -3.05. The Morgan fingerprint density at radius 1 is 0.840 bits per heavy atom. The highest BCUT2D eigenvalue weighted by molar-refractivity contribution is 7.18. The highest BCUT2D eigenvalue weighted by atomic mass is 32.1. The zero-order valence-corrected chi connectivity index (χ0v) is 13.8. The van der Waals surface area contributed by atoms with Gasteiger partial charge in [0.2, 0.25) is 6.79 Å². The summed E-state index contributed by atoms with van der Waals surface area (Å²) in [5, 5.41) is 0.932. The minimum Gasteiger partial charge on any atom is -0.454 e. The van der Waals surface area contributed by atoms with Gasteiger partial charge in [-0.1, -0.05) is 18.2 Å². The largest absolute Gasteiger partial charge is 0.454 e. The van der Waals surface area contributed by atoms with E-state index in [9.17, 15) is 4.79 Å². The Kier molecular flexibility index (Phi) is 3.15. The van der Waals surface area contributed by atoms with Crippen molar-refractivity contribution in [3.63, 3.8) is 0 Å². The van der Waals surface area contributed by atoms with Crippen molar-refractivity contribution in [2.45, 2.75) is 0 Å². The lowest BCUT2D eigenvalue weighted by Gasteiger charge is -2.03. The second-order valence-electron chi connectivity index (χ2n) is 5.71. The molecule has 0 saturated heterocycles. The van der Waals surface area contributed by atoms with Gasteiger partial charge in [0.15, 0.2) is 11.5 Å². The molecule has 2 aromatic carbocycles. The molecule has 0 N–H and O–H groups in total. The fourth-order valence-corrected chi connectivity index (χ4v) is 4.04. The first-order valence-corrected chi connectivity index (χ1v) is 8.63. The summed E-state index contributed by atoms with van der Waals surface area (Å²) in [6.45, 7) is 0.264. The zero-order chi connectivity index (χ0) is 16.8. The summed E-state index contributed by atoms with van der Waals surface area (Å²) >= 11 is 1.63. The van der Waals surface area contributed by atoms with Gasteiger partial charge in [0.25, 0.3) is 0 Å². The number of hydrogen-bond donors (Lipinski definition) is 0. The molecule has 0 bridgehead atoms. The van der Waals surface area contributed by atoms with E-state index in [-0.39, 0.29) is 12.4 Å². The van der Waals surface area contributed by atoms with Gasteiger partial charge in [-0.2, -0.15) is 0 Å². The van der Waals surface area contributed by atoms with Crippen LogP contribution in [0.25, 0.3) is 31.9 Å². The minimum atomic E-state index is -0.341. The van der Waals surface area contributed by atoms with Crippen molar-refractivity contribution in [1.82, 2.24) is 0 Å². The van der Waals surface area contributed by atoms with Crippen LogP contribution in [0.1, 0.15) is 0 Å². The van der Waals surface area contributed by atoms with Crippen LogP contribution >= 0.6 is 11.3 Å². The maximum atomic E-state index is 11.9. The summed E-state index contributed by atoms with van der Waals surface area (Å²) in [7, 11) is 0. The van der Waals surface area contributed by atoms with Gasteiger partial charge in [0.1, 0.15) is 5.58 Å². The smallest absolute Gasteiger partial charge is 0.336 e. The molecular weight excluding hydrogens is 336 g/mol. The van der Waals surface area contributed by atoms with E-state index < -0.39 is 0 Å². The summed E-state index contributed by atoms with van der Waals surface area (Å²) in [6, 6.07) is 19.1. The lowest BCUT2D eigenvalue weighted by molar-refractivity contribution is 0.174. The van der Waals surface area contributed by atoms with Gasteiger partial charge < -0.3 is 13.9 Å². The van der Waals surface area contributed by atoms with E-state index in [0.29, 0.717) is 5.58 Å². The van der Waals surface area contributed by atoms with Crippen LogP contribution in [0.5, 0.6) is 11.5 Å². The molecule has 0 amide bonds. The molecule has 0 unspecified atom stereocenters.